The first-order chi connectivity index (χ1) is 9.38. The molecule has 1 aliphatic heterocycles. The fourth-order valence-electron chi connectivity index (χ4n) is 2.41. The van der Waals surface area contributed by atoms with Gasteiger partial charge in [-0.1, -0.05) is 20.8 Å². The molecule has 0 saturated carbocycles. The molecule has 0 unspecified atom stereocenters. The summed E-state index contributed by atoms with van der Waals surface area (Å²) in [6.07, 6.45) is 0. The topological polar surface area (TPSA) is 27.7 Å². The van der Waals surface area contributed by atoms with Gasteiger partial charge in [0.2, 0.25) is 0 Å². The van der Waals surface area contributed by atoms with E-state index in [4.69, 9.17) is 4.74 Å². The summed E-state index contributed by atoms with van der Waals surface area (Å²) in [6, 6.07) is 0.683. The molecule has 0 amide bonds. The first-order valence-electron chi connectivity index (χ1n) is 8.13. The van der Waals surface area contributed by atoms with Gasteiger partial charge in [-0.05, 0) is 19.3 Å². The molecule has 1 rings (SSSR count). The third kappa shape index (κ3) is 8.20. The molecule has 4 heteroatoms. The zero-order chi connectivity index (χ0) is 15.0. The van der Waals surface area contributed by atoms with Crippen molar-refractivity contribution < 1.29 is 4.74 Å². The first-order valence-corrected chi connectivity index (χ1v) is 8.13. The predicted octanol–water partition coefficient (Wildman–Crippen LogP) is 1.66. The molecular weight excluding hydrogens is 250 g/mol. The predicted molar refractivity (Wildman–Crippen MR) is 86.3 cm³/mol. The third-order valence-corrected chi connectivity index (χ3v) is 3.77. The summed E-state index contributed by atoms with van der Waals surface area (Å²) in [5.41, 5.74) is 0.357. The Morgan fingerprint density at radius 2 is 1.70 bits per heavy atom. The van der Waals surface area contributed by atoms with Crippen LogP contribution in [-0.4, -0.2) is 74.9 Å². The van der Waals surface area contributed by atoms with E-state index in [1.165, 1.54) is 26.2 Å². The molecule has 1 saturated heterocycles. The van der Waals surface area contributed by atoms with Gasteiger partial charge in [0.1, 0.15) is 0 Å². The number of ether oxygens (including phenoxy) is 1. The van der Waals surface area contributed by atoms with Crippen molar-refractivity contribution in [3.05, 3.63) is 0 Å². The lowest BCUT2D eigenvalue weighted by atomic mass is 9.97. The Balaban J connectivity index is 1.93. The van der Waals surface area contributed by atoms with Crippen LogP contribution in [0.3, 0.4) is 0 Å². The minimum atomic E-state index is 0.357. The van der Waals surface area contributed by atoms with E-state index < -0.39 is 0 Å². The number of nitrogens with one attached hydrogen (secondary N) is 1. The van der Waals surface area contributed by atoms with Crippen LogP contribution >= 0.6 is 0 Å². The smallest absolute Gasteiger partial charge is 0.0594 e. The SMILES string of the molecule is CC(C)N1CCN(CCOCCNCC(C)(C)C)CC1. The van der Waals surface area contributed by atoms with Crippen LogP contribution in [0.4, 0.5) is 0 Å². The Bertz CT molecular complexity index is 243. The average molecular weight is 285 g/mol. The van der Waals surface area contributed by atoms with Crippen LogP contribution in [0.5, 0.6) is 0 Å². The third-order valence-electron chi connectivity index (χ3n) is 3.77. The maximum atomic E-state index is 5.71. The van der Waals surface area contributed by atoms with E-state index >= 15 is 0 Å². The first kappa shape index (κ1) is 17.9. The Hall–Kier alpha value is -0.160. The molecule has 0 atom stereocenters. The molecule has 120 valence electrons. The van der Waals surface area contributed by atoms with E-state index in [9.17, 15) is 0 Å². The zero-order valence-electron chi connectivity index (χ0n) is 14.2. The van der Waals surface area contributed by atoms with Crippen molar-refractivity contribution in [1.29, 1.82) is 0 Å². The van der Waals surface area contributed by atoms with E-state index in [0.29, 0.717) is 11.5 Å². The molecule has 1 heterocycles. The molecule has 4 nitrogen and oxygen atoms in total. The summed E-state index contributed by atoms with van der Waals surface area (Å²) in [6.45, 7) is 20.8. The molecule has 0 aromatic rings. The lowest BCUT2D eigenvalue weighted by molar-refractivity contribution is 0.0670. The minimum absolute atomic E-state index is 0.357. The lowest BCUT2D eigenvalue weighted by Crippen LogP contribution is -2.49. The van der Waals surface area contributed by atoms with Crippen molar-refractivity contribution in [2.75, 3.05) is 59.0 Å². The summed E-state index contributed by atoms with van der Waals surface area (Å²) in [5, 5.41) is 3.44. The van der Waals surface area contributed by atoms with Gasteiger partial charge in [-0.3, -0.25) is 9.80 Å². The van der Waals surface area contributed by atoms with Crippen molar-refractivity contribution in [1.82, 2.24) is 15.1 Å². The van der Waals surface area contributed by atoms with E-state index in [1.54, 1.807) is 0 Å². The van der Waals surface area contributed by atoms with Crippen LogP contribution in [0.2, 0.25) is 0 Å². The normalized spacial score (nSPS) is 18.9. The standard InChI is InChI=1S/C16H35N3O/c1-15(2)19-9-7-18(8-10-19)11-13-20-12-6-17-14-16(3,4)5/h15,17H,6-14H2,1-5H3. The van der Waals surface area contributed by atoms with E-state index in [0.717, 1.165) is 32.8 Å². The van der Waals surface area contributed by atoms with Crippen LogP contribution in [0.25, 0.3) is 0 Å². The highest BCUT2D eigenvalue weighted by molar-refractivity contribution is 4.73. The van der Waals surface area contributed by atoms with Gasteiger partial charge < -0.3 is 10.1 Å². The van der Waals surface area contributed by atoms with Crippen molar-refractivity contribution in [2.45, 2.75) is 40.7 Å². The molecule has 0 aromatic carbocycles. The van der Waals surface area contributed by atoms with Gasteiger partial charge in [-0.25, -0.2) is 0 Å². The summed E-state index contributed by atoms with van der Waals surface area (Å²) < 4.78 is 5.71. The summed E-state index contributed by atoms with van der Waals surface area (Å²) in [5.74, 6) is 0. The molecule has 20 heavy (non-hydrogen) atoms. The van der Waals surface area contributed by atoms with Gasteiger partial charge in [-0.15, -0.1) is 0 Å². The van der Waals surface area contributed by atoms with Gasteiger partial charge in [0.05, 0.1) is 13.2 Å². The minimum Gasteiger partial charge on any atom is -0.379 e. The summed E-state index contributed by atoms with van der Waals surface area (Å²) >= 11 is 0. The van der Waals surface area contributed by atoms with Crippen molar-refractivity contribution in [2.24, 2.45) is 5.41 Å². The van der Waals surface area contributed by atoms with E-state index in [2.05, 4.69) is 49.7 Å². The summed E-state index contributed by atoms with van der Waals surface area (Å²) in [4.78, 5) is 5.06. The fraction of sp³-hybridized carbons (Fsp3) is 1.00. The lowest BCUT2D eigenvalue weighted by Gasteiger charge is -2.36. The van der Waals surface area contributed by atoms with Crippen LogP contribution in [0.1, 0.15) is 34.6 Å². The maximum absolute atomic E-state index is 5.71. The molecule has 1 N–H and O–H groups in total. The molecular formula is C16H35N3O. The van der Waals surface area contributed by atoms with Gasteiger partial charge >= 0.3 is 0 Å². The van der Waals surface area contributed by atoms with Crippen LogP contribution in [0.15, 0.2) is 0 Å². The summed E-state index contributed by atoms with van der Waals surface area (Å²) in [7, 11) is 0. The Kier molecular flexibility index (Phi) is 8.03. The molecule has 0 aromatic heterocycles. The Morgan fingerprint density at radius 1 is 1.05 bits per heavy atom. The van der Waals surface area contributed by atoms with Crippen molar-refractivity contribution in [3.8, 4) is 0 Å². The number of nitrogens with zero attached hydrogens (tertiary/aromatic N) is 2. The average Bonchev–Trinajstić information content (AvgIpc) is 2.37. The molecule has 1 fully saturated rings. The van der Waals surface area contributed by atoms with Crippen molar-refractivity contribution >= 4 is 0 Å². The number of piperazine rings is 1. The Morgan fingerprint density at radius 3 is 2.25 bits per heavy atom. The quantitative estimate of drug-likeness (QED) is 0.687. The van der Waals surface area contributed by atoms with Gasteiger partial charge in [0.25, 0.3) is 0 Å². The number of hydrogen-bond acceptors (Lipinski definition) is 4. The second-order valence-electron chi connectivity index (χ2n) is 7.32. The number of rotatable bonds is 8. The molecule has 0 bridgehead atoms. The second kappa shape index (κ2) is 8.98. The van der Waals surface area contributed by atoms with Crippen LogP contribution in [-0.2, 0) is 4.74 Å². The van der Waals surface area contributed by atoms with Crippen LogP contribution in [0, 0.1) is 5.41 Å². The van der Waals surface area contributed by atoms with E-state index in [1.807, 2.05) is 0 Å². The van der Waals surface area contributed by atoms with Crippen LogP contribution < -0.4 is 5.32 Å². The van der Waals surface area contributed by atoms with E-state index in [-0.39, 0.29) is 0 Å². The highest BCUT2D eigenvalue weighted by Gasteiger charge is 2.18. The Labute approximate surface area is 125 Å². The van der Waals surface area contributed by atoms with Crippen molar-refractivity contribution in [3.63, 3.8) is 0 Å². The van der Waals surface area contributed by atoms with Gasteiger partial charge in [0, 0.05) is 51.9 Å². The molecule has 0 aliphatic carbocycles. The number of hydrogen-bond donors (Lipinski definition) is 1. The highest BCUT2D eigenvalue weighted by atomic mass is 16.5. The monoisotopic (exact) mass is 285 g/mol. The fourth-order valence-corrected chi connectivity index (χ4v) is 2.41. The highest BCUT2D eigenvalue weighted by Crippen LogP contribution is 2.09. The zero-order valence-corrected chi connectivity index (χ0v) is 14.2. The largest absolute Gasteiger partial charge is 0.379 e. The van der Waals surface area contributed by atoms with Gasteiger partial charge in [-0.2, -0.15) is 0 Å². The molecule has 1 aliphatic rings. The second-order valence-corrected chi connectivity index (χ2v) is 7.32. The molecule has 0 spiro atoms. The molecule has 0 radical (unpaired) electrons. The van der Waals surface area contributed by atoms with Gasteiger partial charge in [0.15, 0.2) is 0 Å². The maximum Gasteiger partial charge on any atom is 0.0594 e.